The Morgan fingerprint density at radius 1 is 1.04 bits per heavy atom. The second kappa shape index (κ2) is 6.72. The molecular formula is C21H20N2O. The summed E-state index contributed by atoms with van der Waals surface area (Å²) in [5.74, 6) is 0. The summed E-state index contributed by atoms with van der Waals surface area (Å²) in [6.45, 7) is 4.79. The summed E-state index contributed by atoms with van der Waals surface area (Å²) in [4.78, 5) is 12.9. The Balaban J connectivity index is 2.21. The van der Waals surface area contributed by atoms with Gasteiger partial charge in [-0.1, -0.05) is 35.9 Å². The van der Waals surface area contributed by atoms with Gasteiger partial charge >= 0.3 is 0 Å². The van der Waals surface area contributed by atoms with Crippen LogP contribution in [-0.2, 0) is 6.54 Å². The van der Waals surface area contributed by atoms with E-state index in [1.165, 1.54) is 5.56 Å². The predicted octanol–water partition coefficient (Wildman–Crippen LogP) is 4.59. The van der Waals surface area contributed by atoms with Crippen LogP contribution in [0.3, 0.4) is 0 Å². The third-order valence-corrected chi connectivity index (χ3v) is 4.29. The van der Waals surface area contributed by atoms with Crippen LogP contribution in [0.5, 0.6) is 0 Å². The van der Waals surface area contributed by atoms with E-state index < -0.39 is 0 Å². The number of aryl methyl sites for hydroxylation is 3. The summed E-state index contributed by atoms with van der Waals surface area (Å²) in [5, 5.41) is 9.53. The van der Waals surface area contributed by atoms with Crippen LogP contribution in [0, 0.1) is 25.2 Å². The minimum absolute atomic E-state index is 0.0605. The molecule has 2 aromatic carbocycles. The highest BCUT2D eigenvalue weighted by Gasteiger charge is 2.11. The molecule has 1 aromatic heterocycles. The summed E-state index contributed by atoms with van der Waals surface area (Å²) in [5.41, 5.74) is 4.94. The molecular weight excluding hydrogens is 296 g/mol. The zero-order valence-corrected chi connectivity index (χ0v) is 14.0. The fraction of sp³-hybridized carbons (Fsp3) is 0.238. The average Bonchev–Trinajstić information content (AvgIpc) is 2.58. The number of hydrogen-bond acceptors (Lipinski definition) is 2. The lowest BCUT2D eigenvalue weighted by Crippen LogP contribution is -2.12. The molecule has 0 radical (unpaired) electrons. The van der Waals surface area contributed by atoms with Gasteiger partial charge in [-0.05, 0) is 43.5 Å². The SMILES string of the molecule is Cc1ccc(-c2cn(CCCC#N)c3cc(C)ccc3c2=O)cc1. The van der Waals surface area contributed by atoms with Gasteiger partial charge in [0.1, 0.15) is 0 Å². The van der Waals surface area contributed by atoms with Gasteiger partial charge in [0.25, 0.3) is 0 Å². The van der Waals surface area contributed by atoms with Crippen LogP contribution < -0.4 is 5.43 Å². The summed E-state index contributed by atoms with van der Waals surface area (Å²) in [6.07, 6.45) is 3.22. The molecule has 0 fully saturated rings. The quantitative estimate of drug-likeness (QED) is 0.661. The first-order valence-corrected chi connectivity index (χ1v) is 8.18. The van der Waals surface area contributed by atoms with Gasteiger partial charge in [0, 0.05) is 30.1 Å². The molecule has 0 bridgehead atoms. The van der Waals surface area contributed by atoms with E-state index in [4.69, 9.17) is 5.26 Å². The molecule has 3 heteroatoms. The smallest absolute Gasteiger partial charge is 0.197 e. The van der Waals surface area contributed by atoms with Crippen LogP contribution in [0.15, 0.2) is 53.5 Å². The number of benzene rings is 2. The van der Waals surface area contributed by atoms with Gasteiger partial charge in [-0.2, -0.15) is 5.26 Å². The Kier molecular flexibility index (Phi) is 4.48. The average molecular weight is 316 g/mol. The van der Waals surface area contributed by atoms with E-state index in [-0.39, 0.29) is 5.43 Å². The molecule has 0 aliphatic rings. The molecule has 0 saturated heterocycles. The molecule has 3 rings (SSSR count). The molecule has 3 nitrogen and oxygen atoms in total. The summed E-state index contributed by atoms with van der Waals surface area (Å²) < 4.78 is 2.11. The molecule has 3 aromatic rings. The maximum absolute atomic E-state index is 12.9. The van der Waals surface area contributed by atoms with E-state index in [1.807, 2.05) is 62.5 Å². The number of rotatable bonds is 4. The molecule has 24 heavy (non-hydrogen) atoms. The lowest BCUT2D eigenvalue weighted by atomic mass is 10.0. The van der Waals surface area contributed by atoms with Gasteiger partial charge in [0.2, 0.25) is 0 Å². The first-order chi connectivity index (χ1) is 11.6. The van der Waals surface area contributed by atoms with Crippen molar-refractivity contribution in [2.45, 2.75) is 33.2 Å². The number of pyridine rings is 1. The number of nitriles is 1. The van der Waals surface area contributed by atoms with Crippen molar-refractivity contribution in [3.63, 3.8) is 0 Å². The van der Waals surface area contributed by atoms with Crippen molar-refractivity contribution in [2.24, 2.45) is 0 Å². The van der Waals surface area contributed by atoms with E-state index >= 15 is 0 Å². The standard InChI is InChI=1S/C21H20N2O/c1-15-5-8-17(9-6-15)19-14-23(12-4-3-11-22)20-13-16(2)7-10-18(20)21(19)24/h5-10,13-14H,3-4,12H2,1-2H3. The highest BCUT2D eigenvalue weighted by molar-refractivity contribution is 5.84. The fourth-order valence-corrected chi connectivity index (χ4v) is 2.95. The van der Waals surface area contributed by atoms with Crippen LogP contribution in [-0.4, -0.2) is 4.57 Å². The molecule has 0 N–H and O–H groups in total. The van der Waals surface area contributed by atoms with Gasteiger partial charge in [-0.25, -0.2) is 0 Å². The van der Waals surface area contributed by atoms with E-state index in [1.54, 1.807) is 0 Å². The van der Waals surface area contributed by atoms with Crippen molar-refractivity contribution in [3.05, 3.63) is 70.0 Å². The molecule has 0 unspecified atom stereocenters. The fourth-order valence-electron chi connectivity index (χ4n) is 2.95. The lowest BCUT2D eigenvalue weighted by molar-refractivity contribution is 0.670. The van der Waals surface area contributed by atoms with E-state index in [9.17, 15) is 4.79 Å². The Bertz CT molecular complexity index is 976. The third kappa shape index (κ3) is 3.09. The summed E-state index contributed by atoms with van der Waals surface area (Å²) in [7, 11) is 0. The largest absolute Gasteiger partial charge is 0.347 e. The van der Waals surface area contributed by atoms with E-state index in [0.29, 0.717) is 12.0 Å². The monoisotopic (exact) mass is 316 g/mol. The Morgan fingerprint density at radius 3 is 2.46 bits per heavy atom. The Labute approximate surface area is 141 Å². The minimum Gasteiger partial charge on any atom is -0.347 e. The molecule has 0 spiro atoms. The number of hydrogen-bond donors (Lipinski definition) is 0. The van der Waals surface area contributed by atoms with E-state index in [2.05, 4.69) is 10.6 Å². The minimum atomic E-state index is 0.0605. The highest BCUT2D eigenvalue weighted by Crippen LogP contribution is 2.22. The van der Waals surface area contributed by atoms with Crippen LogP contribution in [0.1, 0.15) is 24.0 Å². The van der Waals surface area contributed by atoms with Crippen LogP contribution in [0.4, 0.5) is 0 Å². The normalized spacial score (nSPS) is 10.7. The first kappa shape index (κ1) is 16.0. The summed E-state index contributed by atoms with van der Waals surface area (Å²) >= 11 is 0. The predicted molar refractivity (Wildman–Crippen MR) is 98.0 cm³/mol. The number of fused-ring (bicyclic) bond motifs is 1. The second-order valence-corrected chi connectivity index (χ2v) is 6.21. The zero-order valence-electron chi connectivity index (χ0n) is 14.0. The van der Waals surface area contributed by atoms with Crippen LogP contribution in [0.2, 0.25) is 0 Å². The van der Waals surface area contributed by atoms with Crippen molar-refractivity contribution in [1.29, 1.82) is 5.26 Å². The molecule has 0 atom stereocenters. The van der Waals surface area contributed by atoms with Crippen molar-refractivity contribution < 1.29 is 0 Å². The second-order valence-electron chi connectivity index (χ2n) is 6.21. The van der Waals surface area contributed by atoms with Gasteiger partial charge in [-0.15, -0.1) is 0 Å². The van der Waals surface area contributed by atoms with Crippen molar-refractivity contribution in [3.8, 4) is 17.2 Å². The van der Waals surface area contributed by atoms with Crippen LogP contribution in [0.25, 0.3) is 22.0 Å². The van der Waals surface area contributed by atoms with Gasteiger partial charge in [-0.3, -0.25) is 4.79 Å². The van der Waals surface area contributed by atoms with Crippen molar-refractivity contribution in [2.75, 3.05) is 0 Å². The van der Waals surface area contributed by atoms with E-state index in [0.717, 1.165) is 35.0 Å². The highest BCUT2D eigenvalue weighted by atomic mass is 16.1. The Hall–Kier alpha value is -2.86. The molecule has 120 valence electrons. The van der Waals surface area contributed by atoms with Gasteiger partial charge in [0.05, 0.1) is 11.6 Å². The summed E-state index contributed by atoms with van der Waals surface area (Å²) in [6, 6.07) is 16.1. The molecule has 1 heterocycles. The lowest BCUT2D eigenvalue weighted by Gasteiger charge is -2.14. The van der Waals surface area contributed by atoms with Gasteiger partial charge in [0.15, 0.2) is 5.43 Å². The Morgan fingerprint density at radius 2 is 1.75 bits per heavy atom. The number of aromatic nitrogens is 1. The third-order valence-electron chi connectivity index (χ3n) is 4.29. The maximum Gasteiger partial charge on any atom is 0.197 e. The number of unbranched alkanes of at least 4 members (excludes halogenated alkanes) is 1. The van der Waals surface area contributed by atoms with Crippen LogP contribution >= 0.6 is 0 Å². The zero-order chi connectivity index (χ0) is 17.1. The first-order valence-electron chi connectivity index (χ1n) is 8.18. The maximum atomic E-state index is 12.9. The van der Waals surface area contributed by atoms with Crippen molar-refractivity contribution >= 4 is 10.9 Å². The van der Waals surface area contributed by atoms with Gasteiger partial charge < -0.3 is 4.57 Å². The number of nitrogens with zero attached hydrogens (tertiary/aromatic N) is 2. The molecule has 0 saturated carbocycles. The molecule has 0 aliphatic heterocycles. The molecule has 0 aliphatic carbocycles. The molecule has 0 amide bonds. The topological polar surface area (TPSA) is 45.8 Å². The van der Waals surface area contributed by atoms with Crippen molar-refractivity contribution in [1.82, 2.24) is 4.57 Å².